The molecule has 104 valence electrons. The molecule has 1 amide bonds. The fourth-order valence-corrected chi connectivity index (χ4v) is 1.72. The van der Waals surface area contributed by atoms with E-state index in [0.29, 0.717) is 12.2 Å². The van der Waals surface area contributed by atoms with E-state index in [0.717, 1.165) is 5.56 Å². The van der Waals surface area contributed by atoms with Gasteiger partial charge in [-0.25, -0.2) is 4.98 Å². The average molecular weight is 274 g/mol. The largest absolute Gasteiger partial charge is 0.337 e. The van der Waals surface area contributed by atoms with Gasteiger partial charge in [0.15, 0.2) is 0 Å². The van der Waals surface area contributed by atoms with Crippen molar-refractivity contribution in [1.82, 2.24) is 9.55 Å². The summed E-state index contributed by atoms with van der Waals surface area (Å²) in [6, 6.07) is 4.39. The first kappa shape index (κ1) is 13.7. The molecule has 0 saturated carbocycles. The number of nitrogens with one attached hydrogen (secondary N) is 1. The van der Waals surface area contributed by atoms with Crippen molar-refractivity contribution in [2.45, 2.75) is 19.9 Å². The smallest absolute Gasteiger partial charge is 0.271 e. The van der Waals surface area contributed by atoms with Gasteiger partial charge in [-0.3, -0.25) is 14.9 Å². The molecule has 0 fully saturated rings. The summed E-state index contributed by atoms with van der Waals surface area (Å²) >= 11 is 0. The summed E-state index contributed by atoms with van der Waals surface area (Å²) in [5.74, 6) is -0.192. The van der Waals surface area contributed by atoms with E-state index >= 15 is 0 Å². The Balaban J connectivity index is 2.00. The van der Waals surface area contributed by atoms with Crippen LogP contribution in [0.15, 0.2) is 36.9 Å². The lowest BCUT2D eigenvalue weighted by atomic mass is 10.2. The average Bonchev–Trinajstić information content (AvgIpc) is 2.92. The number of nitro benzene ring substituents is 1. The number of nitro groups is 1. The van der Waals surface area contributed by atoms with E-state index in [1.54, 1.807) is 36.3 Å². The number of carbonyl (C=O) groups excluding carboxylic acids is 1. The number of non-ortho nitro benzene ring substituents is 1. The lowest BCUT2D eigenvalue weighted by Gasteiger charge is -2.08. The summed E-state index contributed by atoms with van der Waals surface area (Å²) in [7, 11) is 0. The van der Waals surface area contributed by atoms with Crippen molar-refractivity contribution in [3.05, 3.63) is 52.6 Å². The fraction of sp³-hybridized carbons (Fsp3) is 0.231. The molecule has 0 atom stereocenters. The van der Waals surface area contributed by atoms with E-state index in [4.69, 9.17) is 0 Å². The SMILES string of the molecule is Cc1ccc([N+](=O)[O-])cc1NC(=O)CCn1ccnc1. The number of aryl methyl sites for hydroxylation is 2. The molecule has 0 aliphatic heterocycles. The van der Waals surface area contributed by atoms with E-state index < -0.39 is 4.92 Å². The van der Waals surface area contributed by atoms with E-state index in [1.165, 1.54) is 12.1 Å². The zero-order valence-electron chi connectivity index (χ0n) is 10.9. The molecular formula is C13H14N4O3. The third kappa shape index (κ3) is 3.41. The molecule has 0 saturated heterocycles. The van der Waals surface area contributed by atoms with Crippen LogP contribution in [0, 0.1) is 17.0 Å². The Labute approximate surface area is 115 Å². The topological polar surface area (TPSA) is 90.1 Å². The number of anilines is 1. The van der Waals surface area contributed by atoms with E-state index in [1.807, 2.05) is 0 Å². The van der Waals surface area contributed by atoms with Crippen LogP contribution in [0.3, 0.4) is 0 Å². The van der Waals surface area contributed by atoms with Crippen molar-refractivity contribution in [2.75, 3.05) is 5.32 Å². The maximum Gasteiger partial charge on any atom is 0.271 e. The Kier molecular flexibility index (Phi) is 4.09. The number of benzene rings is 1. The van der Waals surface area contributed by atoms with Gasteiger partial charge in [0.2, 0.25) is 5.91 Å². The number of hydrogen-bond donors (Lipinski definition) is 1. The van der Waals surface area contributed by atoms with E-state index in [-0.39, 0.29) is 18.0 Å². The third-order valence-corrected chi connectivity index (χ3v) is 2.86. The van der Waals surface area contributed by atoms with Crippen LogP contribution in [0.25, 0.3) is 0 Å². The Morgan fingerprint density at radius 2 is 2.30 bits per heavy atom. The van der Waals surface area contributed by atoms with Gasteiger partial charge in [0.1, 0.15) is 0 Å². The molecule has 0 unspecified atom stereocenters. The zero-order valence-corrected chi connectivity index (χ0v) is 10.9. The number of amides is 1. The third-order valence-electron chi connectivity index (χ3n) is 2.86. The number of hydrogen-bond acceptors (Lipinski definition) is 4. The molecule has 1 aromatic heterocycles. The van der Waals surface area contributed by atoms with Crippen molar-refractivity contribution in [2.24, 2.45) is 0 Å². The van der Waals surface area contributed by atoms with Crippen LogP contribution in [0.4, 0.5) is 11.4 Å². The Bertz CT molecular complexity index is 623. The molecule has 2 rings (SSSR count). The molecule has 0 aliphatic carbocycles. The van der Waals surface area contributed by atoms with Gasteiger partial charge in [-0.2, -0.15) is 0 Å². The van der Waals surface area contributed by atoms with Crippen molar-refractivity contribution in [1.29, 1.82) is 0 Å². The predicted octanol–water partition coefficient (Wildman–Crippen LogP) is 2.13. The van der Waals surface area contributed by atoms with Gasteiger partial charge in [-0.1, -0.05) is 6.07 Å². The van der Waals surface area contributed by atoms with E-state index in [2.05, 4.69) is 10.3 Å². The molecule has 0 spiro atoms. The highest BCUT2D eigenvalue weighted by Gasteiger charge is 2.11. The minimum absolute atomic E-state index is 0.0412. The first-order valence-corrected chi connectivity index (χ1v) is 6.07. The number of nitrogens with zero attached hydrogens (tertiary/aromatic N) is 3. The maximum absolute atomic E-state index is 11.8. The van der Waals surface area contributed by atoms with Crippen LogP contribution in [0.1, 0.15) is 12.0 Å². The molecule has 1 heterocycles. The van der Waals surface area contributed by atoms with Crippen LogP contribution in [0.5, 0.6) is 0 Å². The Morgan fingerprint density at radius 1 is 1.50 bits per heavy atom. The fourth-order valence-electron chi connectivity index (χ4n) is 1.72. The maximum atomic E-state index is 11.8. The highest BCUT2D eigenvalue weighted by Crippen LogP contribution is 2.21. The molecule has 0 radical (unpaired) electrons. The lowest BCUT2D eigenvalue weighted by molar-refractivity contribution is -0.384. The van der Waals surface area contributed by atoms with Crippen molar-refractivity contribution in [3.8, 4) is 0 Å². The Hall–Kier alpha value is -2.70. The molecule has 2 aromatic rings. The van der Waals surface area contributed by atoms with Gasteiger partial charge in [-0.05, 0) is 12.5 Å². The molecule has 1 aromatic carbocycles. The van der Waals surface area contributed by atoms with Gasteiger partial charge < -0.3 is 9.88 Å². The highest BCUT2D eigenvalue weighted by atomic mass is 16.6. The van der Waals surface area contributed by atoms with Crippen molar-refractivity contribution < 1.29 is 9.72 Å². The van der Waals surface area contributed by atoms with Crippen molar-refractivity contribution in [3.63, 3.8) is 0 Å². The minimum atomic E-state index is -0.486. The summed E-state index contributed by atoms with van der Waals surface area (Å²) < 4.78 is 1.79. The van der Waals surface area contributed by atoms with Gasteiger partial charge in [0.05, 0.1) is 16.9 Å². The summed E-state index contributed by atoms with van der Waals surface area (Å²) in [5.41, 5.74) is 1.21. The van der Waals surface area contributed by atoms with Gasteiger partial charge in [0.25, 0.3) is 5.69 Å². The molecule has 0 bridgehead atoms. The molecule has 7 heteroatoms. The second-order valence-corrected chi connectivity index (χ2v) is 4.36. The summed E-state index contributed by atoms with van der Waals surface area (Å²) in [5, 5.41) is 13.4. The number of imidazole rings is 1. The molecular weight excluding hydrogens is 260 g/mol. The quantitative estimate of drug-likeness (QED) is 0.668. The van der Waals surface area contributed by atoms with E-state index in [9.17, 15) is 14.9 Å². The summed E-state index contributed by atoms with van der Waals surface area (Å²) in [6.07, 6.45) is 5.32. The lowest BCUT2D eigenvalue weighted by Crippen LogP contribution is -2.14. The van der Waals surface area contributed by atoms with Crippen LogP contribution >= 0.6 is 0 Å². The van der Waals surface area contributed by atoms with Crippen LogP contribution in [-0.2, 0) is 11.3 Å². The standard InChI is InChI=1S/C13H14N4O3/c1-10-2-3-11(17(19)20)8-12(10)15-13(18)4-6-16-7-5-14-9-16/h2-3,5,7-9H,4,6H2,1H3,(H,15,18). The number of rotatable bonds is 5. The first-order chi connectivity index (χ1) is 9.56. The number of carbonyl (C=O) groups is 1. The first-order valence-electron chi connectivity index (χ1n) is 6.07. The molecule has 1 N–H and O–H groups in total. The van der Waals surface area contributed by atoms with Crippen LogP contribution < -0.4 is 5.32 Å². The monoisotopic (exact) mass is 274 g/mol. The number of aromatic nitrogens is 2. The van der Waals surface area contributed by atoms with Crippen LogP contribution in [-0.4, -0.2) is 20.4 Å². The van der Waals surface area contributed by atoms with Gasteiger partial charge >= 0.3 is 0 Å². The summed E-state index contributed by atoms with van der Waals surface area (Å²) in [4.78, 5) is 25.9. The summed E-state index contributed by atoms with van der Waals surface area (Å²) in [6.45, 7) is 2.30. The van der Waals surface area contributed by atoms with Crippen molar-refractivity contribution >= 4 is 17.3 Å². The molecule has 7 nitrogen and oxygen atoms in total. The highest BCUT2D eigenvalue weighted by molar-refractivity contribution is 5.91. The molecule has 20 heavy (non-hydrogen) atoms. The second-order valence-electron chi connectivity index (χ2n) is 4.36. The molecule has 0 aliphatic rings. The second kappa shape index (κ2) is 5.96. The Morgan fingerprint density at radius 3 is 2.95 bits per heavy atom. The normalized spacial score (nSPS) is 10.2. The minimum Gasteiger partial charge on any atom is -0.337 e. The van der Waals surface area contributed by atoms with Gasteiger partial charge in [-0.15, -0.1) is 0 Å². The van der Waals surface area contributed by atoms with Gasteiger partial charge in [0, 0.05) is 37.5 Å². The zero-order chi connectivity index (χ0) is 14.5. The van der Waals surface area contributed by atoms with Crippen LogP contribution in [0.2, 0.25) is 0 Å². The predicted molar refractivity (Wildman–Crippen MR) is 73.3 cm³/mol.